The summed E-state index contributed by atoms with van der Waals surface area (Å²) in [6, 6.07) is 12.9. The molecule has 3 N–H and O–H groups in total. The smallest absolute Gasteiger partial charge is 0.122 e. The van der Waals surface area contributed by atoms with Crippen molar-refractivity contribution in [3.63, 3.8) is 0 Å². The molecule has 2 aromatic carbocycles. The minimum Gasteiger partial charge on any atom is -0.496 e. The zero-order chi connectivity index (χ0) is 13.1. The van der Waals surface area contributed by atoms with Crippen molar-refractivity contribution in [2.45, 2.75) is 13.0 Å². The maximum atomic E-state index is 10.4. The highest BCUT2D eigenvalue weighted by Crippen LogP contribution is 2.30. The van der Waals surface area contributed by atoms with Gasteiger partial charge in [-0.25, -0.2) is 0 Å². The lowest BCUT2D eigenvalue weighted by Gasteiger charge is -2.16. The Kier molecular flexibility index (Phi) is 3.53. The highest BCUT2D eigenvalue weighted by Gasteiger charge is 2.15. The molecule has 0 aliphatic carbocycles. The monoisotopic (exact) mass is 243 g/mol. The van der Waals surface area contributed by atoms with Crippen LogP contribution in [0, 0.1) is 6.92 Å². The van der Waals surface area contributed by atoms with Gasteiger partial charge in [-0.2, -0.15) is 0 Å². The van der Waals surface area contributed by atoms with E-state index in [0.717, 1.165) is 22.4 Å². The molecule has 0 aromatic heterocycles. The van der Waals surface area contributed by atoms with Crippen LogP contribution in [0.4, 0.5) is 5.69 Å². The van der Waals surface area contributed by atoms with Crippen molar-refractivity contribution < 1.29 is 9.84 Å². The van der Waals surface area contributed by atoms with Gasteiger partial charge in [0.1, 0.15) is 11.9 Å². The van der Waals surface area contributed by atoms with Crippen LogP contribution in [-0.4, -0.2) is 12.2 Å². The number of aliphatic hydroxyl groups is 1. The molecular formula is C15H17NO2. The van der Waals surface area contributed by atoms with Crippen molar-refractivity contribution in [2.24, 2.45) is 0 Å². The number of aliphatic hydroxyl groups excluding tert-OH is 1. The Morgan fingerprint density at radius 3 is 2.56 bits per heavy atom. The van der Waals surface area contributed by atoms with Gasteiger partial charge in [-0.05, 0) is 41.8 Å². The standard InChI is InChI=1S/C15H17NO2/c1-10-13(7-4-8-14(10)18-2)15(17)11-5-3-6-12(16)9-11/h3-9,15,17H,16H2,1-2H3. The topological polar surface area (TPSA) is 55.5 Å². The molecule has 2 rings (SSSR count). The Hall–Kier alpha value is -2.00. The lowest BCUT2D eigenvalue weighted by Crippen LogP contribution is -2.03. The maximum Gasteiger partial charge on any atom is 0.122 e. The first-order chi connectivity index (χ1) is 8.63. The van der Waals surface area contributed by atoms with Gasteiger partial charge in [-0.3, -0.25) is 0 Å². The Labute approximate surface area is 107 Å². The highest BCUT2D eigenvalue weighted by molar-refractivity contribution is 5.47. The Morgan fingerprint density at radius 2 is 1.89 bits per heavy atom. The van der Waals surface area contributed by atoms with Crippen molar-refractivity contribution in [1.29, 1.82) is 0 Å². The van der Waals surface area contributed by atoms with E-state index in [1.165, 1.54) is 0 Å². The molecule has 3 nitrogen and oxygen atoms in total. The quantitative estimate of drug-likeness (QED) is 0.815. The molecule has 0 spiro atoms. The van der Waals surface area contributed by atoms with E-state index < -0.39 is 6.10 Å². The van der Waals surface area contributed by atoms with Gasteiger partial charge in [-0.15, -0.1) is 0 Å². The van der Waals surface area contributed by atoms with Crippen LogP contribution in [0.2, 0.25) is 0 Å². The number of benzene rings is 2. The second-order valence-corrected chi connectivity index (χ2v) is 4.25. The summed E-state index contributed by atoms with van der Waals surface area (Å²) >= 11 is 0. The predicted octanol–water partition coefficient (Wildman–Crippen LogP) is 2.67. The molecule has 3 heteroatoms. The fourth-order valence-corrected chi connectivity index (χ4v) is 2.06. The van der Waals surface area contributed by atoms with E-state index in [2.05, 4.69) is 0 Å². The molecule has 1 atom stereocenters. The third-order valence-electron chi connectivity index (χ3n) is 3.07. The van der Waals surface area contributed by atoms with Gasteiger partial charge in [0.25, 0.3) is 0 Å². The minimum atomic E-state index is -0.691. The van der Waals surface area contributed by atoms with Gasteiger partial charge >= 0.3 is 0 Å². The lowest BCUT2D eigenvalue weighted by molar-refractivity contribution is 0.219. The largest absolute Gasteiger partial charge is 0.496 e. The number of hydrogen-bond acceptors (Lipinski definition) is 3. The zero-order valence-electron chi connectivity index (χ0n) is 10.6. The molecule has 0 saturated heterocycles. The van der Waals surface area contributed by atoms with Gasteiger partial charge in [0.15, 0.2) is 0 Å². The maximum absolute atomic E-state index is 10.4. The Bertz CT molecular complexity index is 552. The molecular weight excluding hydrogens is 226 g/mol. The van der Waals surface area contributed by atoms with Crippen LogP contribution >= 0.6 is 0 Å². The number of nitrogens with two attached hydrogens (primary N) is 1. The van der Waals surface area contributed by atoms with E-state index in [9.17, 15) is 5.11 Å². The third kappa shape index (κ3) is 2.31. The predicted molar refractivity (Wildman–Crippen MR) is 72.6 cm³/mol. The van der Waals surface area contributed by atoms with Crippen molar-refractivity contribution >= 4 is 5.69 Å². The highest BCUT2D eigenvalue weighted by atomic mass is 16.5. The molecule has 2 aromatic rings. The van der Waals surface area contributed by atoms with E-state index >= 15 is 0 Å². The average molecular weight is 243 g/mol. The number of methoxy groups -OCH3 is 1. The molecule has 0 saturated carbocycles. The summed E-state index contributed by atoms with van der Waals surface area (Å²) in [5.74, 6) is 0.774. The zero-order valence-corrected chi connectivity index (χ0v) is 10.6. The van der Waals surface area contributed by atoms with Crippen LogP contribution in [-0.2, 0) is 0 Å². The number of nitrogen functional groups attached to an aromatic ring is 1. The lowest BCUT2D eigenvalue weighted by atomic mass is 9.96. The van der Waals surface area contributed by atoms with Gasteiger partial charge in [0.05, 0.1) is 7.11 Å². The van der Waals surface area contributed by atoms with E-state index in [1.54, 1.807) is 19.2 Å². The van der Waals surface area contributed by atoms with E-state index in [-0.39, 0.29) is 0 Å². The van der Waals surface area contributed by atoms with Crippen molar-refractivity contribution in [3.8, 4) is 5.75 Å². The van der Waals surface area contributed by atoms with E-state index in [4.69, 9.17) is 10.5 Å². The molecule has 0 heterocycles. The molecule has 0 radical (unpaired) electrons. The van der Waals surface area contributed by atoms with Crippen LogP contribution in [0.5, 0.6) is 5.75 Å². The van der Waals surface area contributed by atoms with Crippen LogP contribution in [0.15, 0.2) is 42.5 Å². The summed E-state index contributed by atoms with van der Waals surface area (Å²) in [5.41, 5.74) is 8.93. The second kappa shape index (κ2) is 5.10. The van der Waals surface area contributed by atoms with Crippen LogP contribution in [0.25, 0.3) is 0 Å². The summed E-state index contributed by atoms with van der Waals surface area (Å²) in [5, 5.41) is 10.4. The van der Waals surface area contributed by atoms with E-state index in [1.807, 2.05) is 37.3 Å². The molecule has 0 fully saturated rings. The van der Waals surface area contributed by atoms with Gasteiger partial charge in [-0.1, -0.05) is 24.3 Å². The number of anilines is 1. The fourth-order valence-electron chi connectivity index (χ4n) is 2.06. The van der Waals surface area contributed by atoms with Crippen molar-refractivity contribution in [3.05, 3.63) is 59.2 Å². The molecule has 0 bridgehead atoms. The summed E-state index contributed by atoms with van der Waals surface area (Å²) in [6.07, 6.45) is -0.691. The summed E-state index contributed by atoms with van der Waals surface area (Å²) < 4.78 is 5.26. The average Bonchev–Trinajstić information content (AvgIpc) is 2.38. The Balaban J connectivity index is 2.43. The molecule has 0 amide bonds. The molecule has 18 heavy (non-hydrogen) atoms. The third-order valence-corrected chi connectivity index (χ3v) is 3.07. The molecule has 0 aliphatic rings. The first kappa shape index (κ1) is 12.5. The number of ether oxygens (including phenoxy) is 1. The summed E-state index contributed by atoms with van der Waals surface area (Å²) in [7, 11) is 1.62. The van der Waals surface area contributed by atoms with Gasteiger partial charge < -0.3 is 15.6 Å². The molecule has 0 aliphatic heterocycles. The first-order valence-corrected chi connectivity index (χ1v) is 5.80. The molecule has 1 unspecified atom stereocenters. The number of hydrogen-bond donors (Lipinski definition) is 2. The molecule has 94 valence electrons. The second-order valence-electron chi connectivity index (χ2n) is 4.25. The van der Waals surface area contributed by atoms with Crippen LogP contribution < -0.4 is 10.5 Å². The normalized spacial score (nSPS) is 12.2. The van der Waals surface area contributed by atoms with Gasteiger partial charge in [0, 0.05) is 5.69 Å². The van der Waals surface area contributed by atoms with Crippen molar-refractivity contribution in [2.75, 3.05) is 12.8 Å². The van der Waals surface area contributed by atoms with E-state index in [0.29, 0.717) is 5.69 Å². The fraction of sp³-hybridized carbons (Fsp3) is 0.200. The number of rotatable bonds is 3. The van der Waals surface area contributed by atoms with Crippen LogP contribution in [0.1, 0.15) is 22.8 Å². The van der Waals surface area contributed by atoms with Gasteiger partial charge in [0.2, 0.25) is 0 Å². The summed E-state index contributed by atoms with van der Waals surface area (Å²) in [6.45, 7) is 1.93. The first-order valence-electron chi connectivity index (χ1n) is 5.80. The SMILES string of the molecule is COc1cccc(C(O)c2cccc(N)c2)c1C. The summed E-state index contributed by atoms with van der Waals surface area (Å²) in [4.78, 5) is 0. The Morgan fingerprint density at radius 1 is 1.17 bits per heavy atom. The van der Waals surface area contributed by atoms with Crippen molar-refractivity contribution in [1.82, 2.24) is 0 Å². The van der Waals surface area contributed by atoms with Crippen LogP contribution in [0.3, 0.4) is 0 Å². The minimum absolute atomic E-state index is 0.645.